The number of halogens is 1. The van der Waals surface area contributed by atoms with E-state index in [4.69, 9.17) is 14.2 Å². The summed E-state index contributed by atoms with van der Waals surface area (Å²) in [5.41, 5.74) is 1.63. The lowest BCUT2D eigenvalue weighted by atomic mass is 9.73. The van der Waals surface area contributed by atoms with Crippen LogP contribution < -0.4 is 4.74 Å². The number of rotatable bonds is 6. The SMILES string of the molecule is COc1ccc(Br)cc1COCC1(c2ccccc2)CCN(C(=O)OC(C)(C)C)CC1. The zero-order valence-corrected chi connectivity index (χ0v) is 20.4. The van der Waals surface area contributed by atoms with Crippen LogP contribution in [0.25, 0.3) is 0 Å². The van der Waals surface area contributed by atoms with Crippen molar-refractivity contribution in [3.8, 4) is 5.75 Å². The van der Waals surface area contributed by atoms with Crippen LogP contribution in [-0.2, 0) is 21.5 Å². The van der Waals surface area contributed by atoms with Crippen LogP contribution in [-0.4, -0.2) is 43.4 Å². The fraction of sp³-hybridized carbons (Fsp3) is 0.480. The normalized spacial score (nSPS) is 16.1. The maximum atomic E-state index is 12.5. The molecule has 2 aromatic rings. The molecule has 1 amide bonds. The van der Waals surface area contributed by atoms with E-state index < -0.39 is 5.60 Å². The van der Waals surface area contributed by atoms with E-state index in [0.29, 0.717) is 26.3 Å². The molecular formula is C25H32BrNO4. The van der Waals surface area contributed by atoms with Crippen LogP contribution in [0, 0.1) is 0 Å². The van der Waals surface area contributed by atoms with E-state index in [1.807, 2.05) is 49.9 Å². The maximum absolute atomic E-state index is 12.5. The molecule has 0 spiro atoms. The molecular weight excluding hydrogens is 458 g/mol. The van der Waals surface area contributed by atoms with Crippen LogP contribution in [0.5, 0.6) is 5.75 Å². The van der Waals surface area contributed by atoms with E-state index in [2.05, 4.69) is 40.2 Å². The number of hydrogen-bond acceptors (Lipinski definition) is 4. The van der Waals surface area contributed by atoms with E-state index in [9.17, 15) is 4.79 Å². The summed E-state index contributed by atoms with van der Waals surface area (Å²) < 4.78 is 18.3. The van der Waals surface area contributed by atoms with Gasteiger partial charge in [-0.15, -0.1) is 0 Å². The molecule has 6 heteroatoms. The Kier molecular flexibility index (Phi) is 7.65. The van der Waals surface area contributed by atoms with Crippen molar-refractivity contribution < 1.29 is 19.0 Å². The number of carbonyl (C=O) groups is 1. The third-order valence-corrected chi connectivity index (χ3v) is 6.13. The summed E-state index contributed by atoms with van der Waals surface area (Å²) in [5.74, 6) is 0.816. The van der Waals surface area contributed by atoms with Crippen molar-refractivity contribution in [1.29, 1.82) is 0 Å². The number of nitrogens with zero attached hydrogens (tertiary/aromatic N) is 1. The summed E-state index contributed by atoms with van der Waals surface area (Å²) in [6.07, 6.45) is 1.41. The van der Waals surface area contributed by atoms with E-state index >= 15 is 0 Å². The molecule has 3 rings (SSSR count). The Morgan fingerprint density at radius 3 is 2.39 bits per heavy atom. The molecule has 0 radical (unpaired) electrons. The van der Waals surface area contributed by atoms with Gasteiger partial charge in [0.2, 0.25) is 0 Å². The number of hydrogen-bond donors (Lipinski definition) is 0. The standard InChI is InChI=1S/C25H32BrNO4/c1-24(2,3)31-23(28)27-14-12-25(13-15-27,20-8-6-5-7-9-20)18-30-17-19-16-21(26)10-11-22(19)29-4/h5-11,16H,12-15,17-18H2,1-4H3. The van der Waals surface area contributed by atoms with Gasteiger partial charge < -0.3 is 19.1 Å². The Hall–Kier alpha value is -2.05. The van der Waals surface area contributed by atoms with Crippen LogP contribution in [0.2, 0.25) is 0 Å². The topological polar surface area (TPSA) is 48.0 Å². The molecule has 5 nitrogen and oxygen atoms in total. The summed E-state index contributed by atoms with van der Waals surface area (Å²) in [6.45, 7) is 8.02. The zero-order chi connectivity index (χ0) is 22.5. The molecule has 1 fully saturated rings. The highest BCUT2D eigenvalue weighted by molar-refractivity contribution is 9.10. The maximum Gasteiger partial charge on any atom is 0.410 e. The molecule has 0 aliphatic carbocycles. The molecule has 0 atom stereocenters. The smallest absolute Gasteiger partial charge is 0.410 e. The van der Waals surface area contributed by atoms with Crippen LogP contribution >= 0.6 is 15.9 Å². The highest BCUT2D eigenvalue weighted by Crippen LogP contribution is 2.37. The van der Waals surface area contributed by atoms with Gasteiger partial charge in [-0.3, -0.25) is 0 Å². The summed E-state index contributed by atoms with van der Waals surface area (Å²) >= 11 is 3.52. The molecule has 0 unspecified atom stereocenters. The van der Waals surface area contributed by atoms with Gasteiger partial charge in [-0.1, -0.05) is 46.3 Å². The molecule has 0 N–H and O–H groups in total. The van der Waals surface area contributed by atoms with E-state index in [0.717, 1.165) is 28.6 Å². The van der Waals surface area contributed by atoms with E-state index in [1.54, 1.807) is 7.11 Å². The number of carbonyl (C=O) groups excluding carboxylic acids is 1. The quantitative estimate of drug-likeness (QED) is 0.503. The minimum Gasteiger partial charge on any atom is -0.496 e. The Balaban J connectivity index is 1.70. The fourth-order valence-electron chi connectivity index (χ4n) is 3.97. The van der Waals surface area contributed by atoms with Crippen molar-refractivity contribution in [2.24, 2.45) is 0 Å². The minimum absolute atomic E-state index is 0.140. The summed E-state index contributed by atoms with van der Waals surface area (Å²) in [6, 6.07) is 16.4. The van der Waals surface area contributed by atoms with Crippen LogP contribution in [0.1, 0.15) is 44.7 Å². The van der Waals surface area contributed by atoms with Crippen molar-refractivity contribution in [1.82, 2.24) is 4.90 Å². The Labute approximate surface area is 193 Å². The largest absolute Gasteiger partial charge is 0.496 e. The lowest BCUT2D eigenvalue weighted by molar-refractivity contribution is 0.00316. The number of piperidine rings is 1. The average Bonchev–Trinajstić information content (AvgIpc) is 2.74. The molecule has 1 saturated heterocycles. The number of methoxy groups -OCH3 is 1. The first-order chi connectivity index (χ1) is 14.7. The molecule has 2 aromatic carbocycles. The Morgan fingerprint density at radius 2 is 1.77 bits per heavy atom. The summed E-state index contributed by atoms with van der Waals surface area (Å²) in [4.78, 5) is 14.3. The van der Waals surface area contributed by atoms with Gasteiger partial charge in [0.05, 0.1) is 20.3 Å². The second-order valence-corrected chi connectivity index (χ2v) is 9.98. The highest BCUT2D eigenvalue weighted by Gasteiger charge is 2.38. The van der Waals surface area contributed by atoms with Gasteiger partial charge in [-0.25, -0.2) is 4.79 Å². The van der Waals surface area contributed by atoms with Gasteiger partial charge in [-0.2, -0.15) is 0 Å². The van der Waals surface area contributed by atoms with Gasteiger partial charge in [0, 0.05) is 28.5 Å². The molecule has 1 aliphatic rings. The lowest BCUT2D eigenvalue weighted by Crippen LogP contribution is -2.48. The molecule has 0 aromatic heterocycles. The number of benzene rings is 2. The van der Waals surface area contributed by atoms with Crippen molar-refractivity contribution >= 4 is 22.0 Å². The average molecular weight is 490 g/mol. The van der Waals surface area contributed by atoms with Crippen LogP contribution in [0.3, 0.4) is 0 Å². The lowest BCUT2D eigenvalue weighted by Gasteiger charge is -2.42. The minimum atomic E-state index is -0.489. The van der Waals surface area contributed by atoms with Gasteiger partial charge in [0.25, 0.3) is 0 Å². The predicted molar refractivity (Wildman–Crippen MR) is 126 cm³/mol. The Bertz CT molecular complexity index is 871. The van der Waals surface area contributed by atoms with Gasteiger partial charge in [0.1, 0.15) is 11.4 Å². The molecule has 0 saturated carbocycles. The molecule has 1 heterocycles. The van der Waals surface area contributed by atoms with E-state index in [1.165, 1.54) is 5.56 Å². The first kappa shape index (κ1) is 23.6. The molecule has 1 aliphatic heterocycles. The van der Waals surface area contributed by atoms with E-state index in [-0.39, 0.29) is 11.5 Å². The van der Waals surface area contributed by atoms with Crippen LogP contribution in [0.4, 0.5) is 4.79 Å². The highest BCUT2D eigenvalue weighted by atomic mass is 79.9. The van der Waals surface area contributed by atoms with Crippen molar-refractivity contribution in [2.45, 2.75) is 51.2 Å². The zero-order valence-electron chi connectivity index (χ0n) is 18.8. The summed E-state index contributed by atoms with van der Waals surface area (Å²) in [7, 11) is 1.67. The van der Waals surface area contributed by atoms with Crippen molar-refractivity contribution in [3.05, 3.63) is 64.1 Å². The monoisotopic (exact) mass is 489 g/mol. The first-order valence-electron chi connectivity index (χ1n) is 10.7. The fourth-order valence-corrected chi connectivity index (χ4v) is 4.38. The first-order valence-corrected chi connectivity index (χ1v) is 11.5. The predicted octanol–water partition coefficient (Wildman–Crippen LogP) is 5.94. The summed E-state index contributed by atoms with van der Waals surface area (Å²) in [5, 5.41) is 0. The third kappa shape index (κ3) is 6.23. The van der Waals surface area contributed by atoms with Crippen LogP contribution in [0.15, 0.2) is 53.0 Å². The molecule has 168 valence electrons. The number of ether oxygens (including phenoxy) is 3. The van der Waals surface area contributed by atoms with Crippen molar-refractivity contribution in [2.75, 3.05) is 26.8 Å². The second kappa shape index (κ2) is 10.0. The molecule has 31 heavy (non-hydrogen) atoms. The Morgan fingerprint density at radius 1 is 1.10 bits per heavy atom. The van der Waals surface area contributed by atoms with Gasteiger partial charge in [0.15, 0.2) is 0 Å². The van der Waals surface area contributed by atoms with Gasteiger partial charge in [-0.05, 0) is 57.4 Å². The van der Waals surface area contributed by atoms with Crippen molar-refractivity contribution in [3.63, 3.8) is 0 Å². The third-order valence-electron chi connectivity index (χ3n) is 5.64. The second-order valence-electron chi connectivity index (χ2n) is 9.06. The number of likely N-dealkylation sites (tertiary alicyclic amines) is 1. The number of amides is 1. The molecule has 0 bridgehead atoms. The van der Waals surface area contributed by atoms with Gasteiger partial charge >= 0.3 is 6.09 Å².